The van der Waals surface area contributed by atoms with Crippen LogP contribution in [0.4, 0.5) is 0 Å². The highest BCUT2D eigenvalue weighted by Crippen LogP contribution is 2.35. The smallest absolute Gasteiger partial charge is 0.307 e. The van der Waals surface area contributed by atoms with Gasteiger partial charge in [0.2, 0.25) is 0 Å². The minimum absolute atomic E-state index is 0.214. The van der Waals surface area contributed by atoms with Gasteiger partial charge in [0.1, 0.15) is 10.00 Å². The van der Waals surface area contributed by atoms with Crippen molar-refractivity contribution in [2.24, 2.45) is 0 Å². The van der Waals surface area contributed by atoms with E-state index in [0.717, 1.165) is 0 Å². The molecule has 0 bridgehead atoms. The quantitative estimate of drug-likeness (QED) is 0.206. The molecule has 148 valence electrons. The summed E-state index contributed by atoms with van der Waals surface area (Å²) in [4.78, 5) is 21.8. The topological polar surface area (TPSA) is 59.1 Å². The summed E-state index contributed by atoms with van der Waals surface area (Å²) in [6.45, 7) is 12.3. The van der Waals surface area contributed by atoms with E-state index in [1.165, 1.54) is 12.1 Å². The van der Waals surface area contributed by atoms with Crippen molar-refractivity contribution in [2.75, 3.05) is 26.3 Å². The summed E-state index contributed by atoms with van der Waals surface area (Å²) >= 11 is 14.2. The minimum atomic E-state index is -0.721. The lowest BCUT2D eigenvalue weighted by Gasteiger charge is -2.40. The van der Waals surface area contributed by atoms with Crippen molar-refractivity contribution < 1.29 is 19.1 Å². The summed E-state index contributed by atoms with van der Waals surface area (Å²) in [5, 5.41) is 0. The molecule has 0 radical (unpaired) electrons. The molecule has 9 heteroatoms. The first-order valence-corrected chi connectivity index (χ1v) is 9.82. The minimum Gasteiger partial charge on any atom is -0.466 e. The largest absolute Gasteiger partial charge is 0.466 e. The van der Waals surface area contributed by atoms with Gasteiger partial charge >= 0.3 is 11.9 Å². The van der Waals surface area contributed by atoms with Gasteiger partial charge in [-0.1, -0.05) is 0 Å². The summed E-state index contributed by atoms with van der Waals surface area (Å²) < 4.78 is 13.6. The van der Waals surface area contributed by atoms with E-state index in [4.69, 9.17) is 32.7 Å². The normalized spacial score (nSPS) is 12.6. The fraction of sp³-hybridized carbons (Fsp3) is 0.875. The van der Waals surface area contributed by atoms with E-state index in [1.54, 1.807) is 13.8 Å². The Balaban J connectivity index is 4.95. The zero-order valence-corrected chi connectivity index (χ0v) is 18.3. The number of nitrogens with zero attached hydrogens (tertiary/aromatic N) is 2. The molecule has 0 aromatic carbocycles. The predicted octanol–water partition coefficient (Wildman–Crippen LogP) is 4.01. The molecule has 0 unspecified atom stereocenters. The molecule has 0 rings (SSSR count). The number of ether oxygens (including phenoxy) is 2. The predicted molar refractivity (Wildman–Crippen MR) is 103 cm³/mol. The number of rotatable bonds is 12. The number of carbonyl (C=O) groups excluding carboxylic acids is 2. The Morgan fingerprint density at radius 3 is 1.40 bits per heavy atom. The Morgan fingerprint density at radius 2 is 1.16 bits per heavy atom. The van der Waals surface area contributed by atoms with Crippen LogP contribution in [0.2, 0.25) is 0 Å². The fourth-order valence-corrected chi connectivity index (χ4v) is 3.10. The molecule has 25 heavy (non-hydrogen) atoms. The second-order valence-electron chi connectivity index (χ2n) is 6.22. The van der Waals surface area contributed by atoms with E-state index in [9.17, 15) is 9.59 Å². The van der Waals surface area contributed by atoms with Crippen LogP contribution in [0.3, 0.4) is 0 Å². The molecule has 0 aliphatic rings. The summed E-state index contributed by atoms with van der Waals surface area (Å²) in [5.41, 5.74) is 0. The van der Waals surface area contributed by atoms with E-state index in [1.807, 2.05) is 36.3 Å². The highest BCUT2D eigenvalue weighted by atomic mass is 35.5. The first-order chi connectivity index (χ1) is 11.4. The van der Waals surface area contributed by atoms with Crippen LogP contribution in [0.5, 0.6) is 0 Å². The average molecular weight is 417 g/mol. The van der Waals surface area contributed by atoms with Gasteiger partial charge < -0.3 is 9.47 Å². The highest BCUT2D eigenvalue weighted by molar-refractivity contribution is 7.94. The van der Waals surface area contributed by atoms with Gasteiger partial charge in [0.15, 0.2) is 0 Å². The third kappa shape index (κ3) is 11.2. The number of carbonyl (C=O) groups is 2. The van der Waals surface area contributed by atoms with Crippen LogP contribution in [0.15, 0.2) is 0 Å². The Bertz CT molecular complexity index is 387. The SMILES string of the molecule is CCOC(=O)CCN(SN(CCC(=O)OCC)C(C)(C)Cl)C(C)(C)Cl. The van der Waals surface area contributed by atoms with Gasteiger partial charge in [-0.15, -0.1) is 23.2 Å². The van der Waals surface area contributed by atoms with Crippen molar-refractivity contribution >= 4 is 47.3 Å². The van der Waals surface area contributed by atoms with Gasteiger partial charge in [-0.05, 0) is 41.5 Å². The molecule has 0 N–H and O–H groups in total. The third-order valence-electron chi connectivity index (χ3n) is 3.03. The maximum absolute atomic E-state index is 11.6. The summed E-state index contributed by atoms with van der Waals surface area (Å²) in [6.07, 6.45) is 0.427. The zero-order valence-electron chi connectivity index (χ0n) is 15.9. The maximum atomic E-state index is 11.6. The van der Waals surface area contributed by atoms with Crippen LogP contribution in [0, 0.1) is 0 Å². The maximum Gasteiger partial charge on any atom is 0.307 e. The molecular weight excluding hydrogens is 387 g/mol. The van der Waals surface area contributed by atoms with E-state index in [0.29, 0.717) is 26.3 Å². The van der Waals surface area contributed by atoms with Crippen LogP contribution in [-0.4, -0.2) is 56.8 Å². The number of halogens is 2. The van der Waals surface area contributed by atoms with Gasteiger partial charge in [-0.25, -0.2) is 8.61 Å². The summed E-state index contributed by atoms with van der Waals surface area (Å²) in [7, 11) is 0. The van der Waals surface area contributed by atoms with E-state index in [2.05, 4.69) is 0 Å². The molecule has 0 saturated heterocycles. The fourth-order valence-electron chi connectivity index (χ4n) is 1.78. The van der Waals surface area contributed by atoms with Crippen molar-refractivity contribution in [3.05, 3.63) is 0 Å². The zero-order chi connectivity index (χ0) is 19.7. The van der Waals surface area contributed by atoms with E-state index >= 15 is 0 Å². The molecule has 0 aliphatic heterocycles. The van der Waals surface area contributed by atoms with Crippen LogP contribution >= 0.6 is 35.3 Å². The Morgan fingerprint density at radius 1 is 0.840 bits per heavy atom. The highest BCUT2D eigenvalue weighted by Gasteiger charge is 2.33. The number of hydrogen-bond donors (Lipinski definition) is 0. The molecule has 0 fully saturated rings. The number of esters is 2. The van der Waals surface area contributed by atoms with Crippen molar-refractivity contribution in [2.45, 2.75) is 64.4 Å². The van der Waals surface area contributed by atoms with Crippen molar-refractivity contribution in [1.82, 2.24) is 8.61 Å². The van der Waals surface area contributed by atoms with E-state index in [-0.39, 0.29) is 24.8 Å². The third-order valence-corrected chi connectivity index (χ3v) is 5.31. The molecule has 0 heterocycles. The van der Waals surface area contributed by atoms with Crippen LogP contribution in [0.25, 0.3) is 0 Å². The van der Waals surface area contributed by atoms with Crippen molar-refractivity contribution in [3.8, 4) is 0 Å². The first-order valence-electron chi connectivity index (χ1n) is 8.34. The van der Waals surface area contributed by atoms with Crippen molar-refractivity contribution in [3.63, 3.8) is 0 Å². The summed E-state index contributed by atoms with van der Waals surface area (Å²) in [6, 6.07) is 0. The summed E-state index contributed by atoms with van der Waals surface area (Å²) in [5.74, 6) is -0.561. The van der Waals surface area contributed by atoms with Gasteiger partial charge in [-0.2, -0.15) is 0 Å². The van der Waals surface area contributed by atoms with Gasteiger partial charge in [-0.3, -0.25) is 9.59 Å². The van der Waals surface area contributed by atoms with E-state index < -0.39 is 10.00 Å². The number of hydrogen-bond acceptors (Lipinski definition) is 7. The molecule has 6 nitrogen and oxygen atoms in total. The van der Waals surface area contributed by atoms with Crippen LogP contribution < -0.4 is 0 Å². The lowest BCUT2D eigenvalue weighted by Crippen LogP contribution is -2.44. The van der Waals surface area contributed by atoms with Gasteiger partial charge in [0.05, 0.1) is 26.1 Å². The molecule has 0 spiro atoms. The Kier molecular flexibility index (Phi) is 11.4. The second kappa shape index (κ2) is 11.5. The molecule has 0 aromatic heterocycles. The first kappa shape index (κ1) is 24.8. The van der Waals surface area contributed by atoms with Crippen molar-refractivity contribution in [1.29, 1.82) is 0 Å². The molecule has 0 aromatic rings. The van der Waals surface area contributed by atoms with Crippen LogP contribution in [-0.2, 0) is 19.1 Å². The average Bonchev–Trinajstić information content (AvgIpc) is 2.44. The lowest BCUT2D eigenvalue weighted by molar-refractivity contribution is -0.144. The molecule has 0 saturated carbocycles. The molecular formula is C16H30Cl2N2O4S. The monoisotopic (exact) mass is 416 g/mol. The Hall–Kier alpha value is -0.210. The van der Waals surface area contributed by atoms with Gasteiger partial charge in [0.25, 0.3) is 0 Å². The molecule has 0 amide bonds. The molecule has 0 aliphatic carbocycles. The van der Waals surface area contributed by atoms with Crippen LogP contribution in [0.1, 0.15) is 54.4 Å². The van der Waals surface area contributed by atoms with Gasteiger partial charge in [0, 0.05) is 25.2 Å². The Labute approximate surface area is 165 Å². The molecule has 0 atom stereocenters. The number of alkyl halides is 2. The second-order valence-corrected chi connectivity index (χ2v) is 9.11. The standard InChI is InChI=1S/C16H30Cl2N2O4S/c1-7-23-13(21)9-11-19(15(3,4)17)25-20(16(5,6)18)12-10-14(22)24-8-2/h7-12H2,1-6H3. The lowest BCUT2D eigenvalue weighted by atomic mass is 10.3.